The molecule has 0 aromatic rings. The van der Waals surface area contributed by atoms with Gasteiger partial charge in [0.15, 0.2) is 0 Å². The van der Waals surface area contributed by atoms with Crippen LogP contribution in [0.1, 0.15) is 27.7 Å². The average Bonchev–Trinajstić information content (AvgIpc) is 2.51. The Morgan fingerprint density at radius 2 is 2.00 bits per heavy atom. The van der Waals surface area contributed by atoms with Gasteiger partial charge in [0.05, 0.1) is 6.54 Å². The molecule has 0 saturated carbocycles. The monoisotopic (exact) mass is 203 g/mol. The first-order chi connectivity index (χ1) is 6.97. The number of hydrogen-bond donors (Lipinski definition) is 0. The van der Waals surface area contributed by atoms with E-state index < -0.39 is 0 Å². The van der Waals surface area contributed by atoms with Crippen molar-refractivity contribution in [3.05, 3.63) is 48.1 Å². The quantitative estimate of drug-likeness (QED) is 0.599. The van der Waals surface area contributed by atoms with Gasteiger partial charge in [0.25, 0.3) is 0 Å². The Labute approximate surface area is 93.6 Å². The Morgan fingerprint density at radius 3 is 2.13 bits per heavy atom. The largest absolute Gasteiger partial charge is 0.286 e. The summed E-state index contributed by atoms with van der Waals surface area (Å²) in [6.45, 7) is 16.4. The summed E-state index contributed by atoms with van der Waals surface area (Å²) in [6, 6.07) is 0. The summed E-state index contributed by atoms with van der Waals surface area (Å²) >= 11 is 0. The molecule has 0 unspecified atom stereocenters. The van der Waals surface area contributed by atoms with Crippen molar-refractivity contribution in [2.45, 2.75) is 27.7 Å². The molecule has 1 nitrogen and oxygen atoms in total. The molecule has 1 heteroatoms. The molecule has 0 bridgehead atoms. The second kappa shape index (κ2) is 6.99. The van der Waals surface area contributed by atoms with Crippen LogP contribution in [0.3, 0.4) is 0 Å². The summed E-state index contributed by atoms with van der Waals surface area (Å²) in [7, 11) is 0. The molecule has 0 spiro atoms. The highest BCUT2D eigenvalue weighted by Crippen LogP contribution is 2.03. The highest BCUT2D eigenvalue weighted by Gasteiger charge is 1.95. The van der Waals surface area contributed by atoms with Gasteiger partial charge in [0, 0.05) is 5.71 Å². The third-order valence-electron chi connectivity index (χ3n) is 2.07. The lowest BCUT2D eigenvalue weighted by molar-refractivity contribution is 1.17. The van der Waals surface area contributed by atoms with Crippen LogP contribution < -0.4 is 0 Å². The molecule has 0 N–H and O–H groups in total. The minimum Gasteiger partial charge on any atom is -0.286 e. The van der Waals surface area contributed by atoms with Crippen molar-refractivity contribution in [3.63, 3.8) is 0 Å². The van der Waals surface area contributed by atoms with Crippen LogP contribution in [0.5, 0.6) is 0 Å². The van der Waals surface area contributed by atoms with E-state index in [1.807, 2.05) is 26.8 Å². The molecule has 0 saturated heterocycles. The van der Waals surface area contributed by atoms with Gasteiger partial charge in [-0.1, -0.05) is 36.5 Å². The minimum atomic E-state index is 0.922. The molecule has 15 heavy (non-hydrogen) atoms. The van der Waals surface area contributed by atoms with E-state index >= 15 is 0 Å². The van der Waals surface area contributed by atoms with Crippen molar-refractivity contribution in [2.24, 2.45) is 4.99 Å². The summed E-state index contributed by atoms with van der Waals surface area (Å²) < 4.78 is 0. The van der Waals surface area contributed by atoms with Gasteiger partial charge in [-0.05, 0) is 39.3 Å². The summed E-state index contributed by atoms with van der Waals surface area (Å²) in [5, 5.41) is 0. The minimum absolute atomic E-state index is 0.922. The predicted octanol–water partition coefficient (Wildman–Crippen LogP) is 4.10. The Balaban J connectivity index is 0.000000262. The first kappa shape index (κ1) is 13.6. The van der Waals surface area contributed by atoms with E-state index in [2.05, 4.69) is 31.2 Å². The zero-order chi connectivity index (χ0) is 11.8. The topological polar surface area (TPSA) is 12.4 Å². The SMILES string of the molecule is C=C/C=C(\C)C(=C)C.CC1=CC(C)=NC1. The van der Waals surface area contributed by atoms with E-state index in [9.17, 15) is 0 Å². The van der Waals surface area contributed by atoms with Gasteiger partial charge in [0.2, 0.25) is 0 Å². The van der Waals surface area contributed by atoms with E-state index in [0.29, 0.717) is 0 Å². The van der Waals surface area contributed by atoms with Gasteiger partial charge in [0.1, 0.15) is 0 Å². The summed E-state index contributed by atoms with van der Waals surface area (Å²) in [6.07, 6.45) is 5.83. The molecule has 1 heterocycles. The van der Waals surface area contributed by atoms with Crippen molar-refractivity contribution in [3.8, 4) is 0 Å². The predicted molar refractivity (Wildman–Crippen MR) is 70.5 cm³/mol. The summed E-state index contributed by atoms with van der Waals surface area (Å²) in [5.41, 5.74) is 4.83. The van der Waals surface area contributed by atoms with Crippen molar-refractivity contribution >= 4 is 5.71 Å². The Morgan fingerprint density at radius 1 is 1.40 bits per heavy atom. The van der Waals surface area contributed by atoms with E-state index in [1.54, 1.807) is 6.08 Å². The zero-order valence-corrected chi connectivity index (χ0v) is 10.3. The fourth-order valence-corrected chi connectivity index (χ4v) is 1.02. The molecule has 0 atom stereocenters. The van der Waals surface area contributed by atoms with Crippen LogP contribution in [0.15, 0.2) is 53.1 Å². The van der Waals surface area contributed by atoms with Crippen LogP contribution in [-0.2, 0) is 0 Å². The molecule has 1 rings (SSSR count). The molecule has 0 radical (unpaired) electrons. The van der Waals surface area contributed by atoms with Gasteiger partial charge in [-0.25, -0.2) is 0 Å². The van der Waals surface area contributed by atoms with E-state index in [-0.39, 0.29) is 0 Å². The summed E-state index contributed by atoms with van der Waals surface area (Å²) in [5.74, 6) is 0. The van der Waals surface area contributed by atoms with Gasteiger partial charge in [-0.2, -0.15) is 0 Å². The Hall–Kier alpha value is -1.37. The van der Waals surface area contributed by atoms with Crippen LogP contribution in [0.25, 0.3) is 0 Å². The molecule has 1 aliphatic rings. The first-order valence-electron chi connectivity index (χ1n) is 5.10. The highest BCUT2D eigenvalue weighted by atomic mass is 14.7. The molecular weight excluding hydrogens is 182 g/mol. The molecule has 0 aromatic carbocycles. The molecule has 0 amide bonds. The molecule has 0 fully saturated rings. The number of nitrogens with zero attached hydrogens (tertiary/aromatic N) is 1. The highest BCUT2D eigenvalue weighted by molar-refractivity contribution is 5.95. The Kier molecular flexibility index (Phi) is 6.35. The van der Waals surface area contributed by atoms with Crippen LogP contribution in [0, 0.1) is 0 Å². The summed E-state index contributed by atoms with van der Waals surface area (Å²) in [4.78, 5) is 4.14. The third kappa shape index (κ3) is 6.67. The molecule has 0 aromatic heterocycles. The van der Waals surface area contributed by atoms with E-state index in [1.165, 1.54) is 11.1 Å². The maximum atomic E-state index is 4.14. The second-order valence-corrected chi connectivity index (χ2v) is 3.81. The van der Waals surface area contributed by atoms with Gasteiger partial charge in [-0.15, -0.1) is 0 Å². The van der Waals surface area contributed by atoms with Crippen LogP contribution in [0.4, 0.5) is 0 Å². The van der Waals surface area contributed by atoms with Crippen molar-refractivity contribution in [1.29, 1.82) is 0 Å². The van der Waals surface area contributed by atoms with Crippen LogP contribution in [0.2, 0.25) is 0 Å². The lowest BCUT2D eigenvalue weighted by Gasteiger charge is -1.92. The zero-order valence-electron chi connectivity index (χ0n) is 10.3. The first-order valence-corrected chi connectivity index (χ1v) is 5.10. The maximum Gasteiger partial charge on any atom is 0.0603 e. The van der Waals surface area contributed by atoms with Crippen molar-refractivity contribution < 1.29 is 0 Å². The van der Waals surface area contributed by atoms with Gasteiger partial charge in [-0.3, -0.25) is 4.99 Å². The smallest absolute Gasteiger partial charge is 0.0603 e. The number of rotatable bonds is 2. The van der Waals surface area contributed by atoms with Gasteiger partial charge >= 0.3 is 0 Å². The third-order valence-corrected chi connectivity index (χ3v) is 2.07. The standard InChI is InChI=1S/C8H12.C6H9N/c1-5-6-8(4)7(2)3;1-5-3-6(2)7-4-5/h5-6H,1-2H2,3-4H3;3H,4H2,1-2H3/b8-6+;. The van der Waals surface area contributed by atoms with Crippen LogP contribution in [-0.4, -0.2) is 12.3 Å². The molecule has 82 valence electrons. The average molecular weight is 203 g/mol. The maximum absolute atomic E-state index is 4.14. The second-order valence-electron chi connectivity index (χ2n) is 3.81. The normalized spacial score (nSPS) is 14.8. The van der Waals surface area contributed by atoms with Crippen LogP contribution >= 0.6 is 0 Å². The Bertz CT molecular complexity index is 327. The number of allylic oxidation sites excluding steroid dienone is 5. The molecule has 1 aliphatic heterocycles. The molecule has 0 aliphatic carbocycles. The van der Waals surface area contributed by atoms with E-state index in [4.69, 9.17) is 0 Å². The number of hydrogen-bond acceptors (Lipinski definition) is 1. The lowest BCUT2D eigenvalue weighted by atomic mass is 10.1. The molecular formula is C14H21N. The fraction of sp³-hybridized carbons (Fsp3) is 0.357. The van der Waals surface area contributed by atoms with Crippen molar-refractivity contribution in [1.82, 2.24) is 0 Å². The van der Waals surface area contributed by atoms with E-state index in [0.717, 1.165) is 17.8 Å². The fourth-order valence-electron chi connectivity index (χ4n) is 1.02. The van der Waals surface area contributed by atoms with Crippen molar-refractivity contribution in [2.75, 3.05) is 6.54 Å². The van der Waals surface area contributed by atoms with Gasteiger partial charge < -0.3 is 0 Å². The number of aliphatic imine (C=N–C) groups is 1. The lowest BCUT2D eigenvalue weighted by Crippen LogP contribution is -1.73.